The second-order valence-electron chi connectivity index (χ2n) is 5.47. The van der Waals surface area contributed by atoms with Crippen LogP contribution in [0.4, 0.5) is 5.82 Å². The van der Waals surface area contributed by atoms with E-state index in [9.17, 15) is 13.5 Å². The van der Waals surface area contributed by atoms with Crippen LogP contribution in [0.2, 0.25) is 0 Å². The van der Waals surface area contributed by atoms with E-state index >= 15 is 0 Å². The summed E-state index contributed by atoms with van der Waals surface area (Å²) in [5, 5.41) is 14.0. The smallest absolute Gasteiger partial charge is 0.335 e. The molecule has 0 aliphatic heterocycles. The summed E-state index contributed by atoms with van der Waals surface area (Å²) in [5.74, 6) is 0.726. The molecule has 9 nitrogen and oxygen atoms in total. The maximum Gasteiger partial charge on any atom is 0.335 e. The Morgan fingerprint density at radius 3 is 2.87 bits per heavy atom. The molecule has 10 heteroatoms. The molecular formula is C13H19N5O4S. The molecule has 0 radical (unpaired) electrons. The number of nitrogens with one attached hydrogen (secondary N) is 2. The second kappa shape index (κ2) is 6.04. The van der Waals surface area contributed by atoms with Crippen LogP contribution in [0.5, 0.6) is 0 Å². The van der Waals surface area contributed by atoms with Gasteiger partial charge in [0, 0.05) is 19.3 Å². The number of fused-ring (bicyclic) bond motifs is 1. The van der Waals surface area contributed by atoms with Gasteiger partial charge in [-0.05, 0) is 18.9 Å². The summed E-state index contributed by atoms with van der Waals surface area (Å²) in [4.78, 5) is 8.46. The van der Waals surface area contributed by atoms with Gasteiger partial charge in [-0.15, -0.1) is 0 Å². The Kier molecular flexibility index (Phi) is 4.23. The zero-order valence-electron chi connectivity index (χ0n) is 12.8. The summed E-state index contributed by atoms with van der Waals surface area (Å²) in [7, 11) is -0.970. The van der Waals surface area contributed by atoms with E-state index in [0.717, 1.165) is 24.0 Å². The van der Waals surface area contributed by atoms with Gasteiger partial charge in [0.15, 0.2) is 0 Å². The van der Waals surface area contributed by atoms with Crippen molar-refractivity contribution < 1.29 is 17.7 Å². The first-order chi connectivity index (χ1) is 10.9. The molecule has 0 amide bonds. The monoisotopic (exact) mass is 341 g/mol. The van der Waals surface area contributed by atoms with Crippen molar-refractivity contribution in [3.05, 3.63) is 18.6 Å². The van der Waals surface area contributed by atoms with E-state index in [1.165, 1.54) is 6.33 Å². The van der Waals surface area contributed by atoms with Crippen LogP contribution in [-0.4, -0.2) is 54.4 Å². The SMILES string of the molecule is CNc1ncnc2c1ccn2[C@@H]1C[C@H](NS(=O)(=O)OC)[C@@H](O)C1. The molecule has 3 rings (SSSR count). The lowest BCUT2D eigenvalue weighted by Gasteiger charge is -2.15. The van der Waals surface area contributed by atoms with Crippen molar-refractivity contribution in [3.63, 3.8) is 0 Å². The predicted molar refractivity (Wildman–Crippen MR) is 84.2 cm³/mol. The van der Waals surface area contributed by atoms with Gasteiger partial charge in [0.25, 0.3) is 0 Å². The first-order valence-corrected chi connectivity index (χ1v) is 8.61. The molecular weight excluding hydrogens is 322 g/mol. The zero-order valence-corrected chi connectivity index (χ0v) is 13.6. The molecule has 2 heterocycles. The molecule has 1 aliphatic rings. The van der Waals surface area contributed by atoms with Crippen molar-refractivity contribution >= 4 is 27.2 Å². The molecule has 3 N–H and O–H groups in total. The first-order valence-electron chi connectivity index (χ1n) is 7.20. The van der Waals surface area contributed by atoms with Crippen LogP contribution in [0, 0.1) is 0 Å². The molecule has 0 saturated heterocycles. The van der Waals surface area contributed by atoms with Gasteiger partial charge < -0.3 is 15.0 Å². The molecule has 126 valence electrons. The number of hydrogen-bond acceptors (Lipinski definition) is 7. The largest absolute Gasteiger partial charge is 0.391 e. The quantitative estimate of drug-likeness (QED) is 0.701. The third kappa shape index (κ3) is 3.02. The molecule has 0 unspecified atom stereocenters. The van der Waals surface area contributed by atoms with Gasteiger partial charge in [-0.1, -0.05) is 0 Å². The third-order valence-electron chi connectivity index (χ3n) is 4.16. The van der Waals surface area contributed by atoms with Crippen LogP contribution in [-0.2, 0) is 14.5 Å². The normalized spacial score (nSPS) is 25.1. The molecule has 23 heavy (non-hydrogen) atoms. The number of aliphatic hydroxyl groups excluding tert-OH is 1. The maximum atomic E-state index is 11.5. The highest BCUT2D eigenvalue weighted by Crippen LogP contribution is 2.34. The molecule has 1 fully saturated rings. The molecule has 0 bridgehead atoms. The Morgan fingerprint density at radius 2 is 2.17 bits per heavy atom. The van der Waals surface area contributed by atoms with E-state index in [-0.39, 0.29) is 6.04 Å². The average molecular weight is 341 g/mol. The summed E-state index contributed by atoms with van der Waals surface area (Å²) < 4.78 is 31.7. The Morgan fingerprint density at radius 1 is 1.39 bits per heavy atom. The number of aliphatic hydroxyl groups is 1. The minimum Gasteiger partial charge on any atom is -0.391 e. The van der Waals surface area contributed by atoms with Gasteiger partial charge in [-0.2, -0.15) is 13.1 Å². The molecule has 0 spiro atoms. The van der Waals surface area contributed by atoms with Crippen molar-refractivity contribution in [2.45, 2.75) is 31.0 Å². The Labute approximate surface area is 133 Å². The highest BCUT2D eigenvalue weighted by molar-refractivity contribution is 7.84. The number of rotatable bonds is 5. The van der Waals surface area contributed by atoms with Crippen LogP contribution in [0.3, 0.4) is 0 Å². The van der Waals surface area contributed by atoms with Gasteiger partial charge >= 0.3 is 10.3 Å². The highest BCUT2D eigenvalue weighted by Gasteiger charge is 2.37. The molecule has 3 atom stereocenters. The zero-order chi connectivity index (χ0) is 16.6. The topological polar surface area (TPSA) is 118 Å². The van der Waals surface area contributed by atoms with Gasteiger partial charge in [-0.3, -0.25) is 4.18 Å². The average Bonchev–Trinajstić information content (AvgIpc) is 3.10. The third-order valence-corrected chi connectivity index (χ3v) is 5.19. The molecule has 1 saturated carbocycles. The number of anilines is 1. The minimum absolute atomic E-state index is 0.0633. The summed E-state index contributed by atoms with van der Waals surface area (Å²) in [5.41, 5.74) is 0.747. The first kappa shape index (κ1) is 16.1. The summed E-state index contributed by atoms with van der Waals surface area (Å²) in [6, 6.07) is 1.25. The van der Waals surface area contributed by atoms with E-state index in [2.05, 4.69) is 24.2 Å². The highest BCUT2D eigenvalue weighted by atomic mass is 32.2. The van der Waals surface area contributed by atoms with Crippen molar-refractivity contribution in [2.75, 3.05) is 19.5 Å². The lowest BCUT2D eigenvalue weighted by molar-refractivity contribution is 0.154. The Hall–Kier alpha value is -1.75. The Bertz CT molecular complexity index is 806. The summed E-state index contributed by atoms with van der Waals surface area (Å²) >= 11 is 0. The fourth-order valence-electron chi connectivity index (χ4n) is 3.04. The Balaban J connectivity index is 1.87. The lowest BCUT2D eigenvalue weighted by Crippen LogP contribution is -2.40. The number of aromatic nitrogens is 3. The minimum atomic E-state index is -3.84. The number of nitrogens with zero attached hydrogens (tertiary/aromatic N) is 3. The van der Waals surface area contributed by atoms with Crippen molar-refractivity contribution in [1.82, 2.24) is 19.3 Å². The summed E-state index contributed by atoms with van der Waals surface area (Å²) in [6.07, 6.45) is 3.45. The van der Waals surface area contributed by atoms with E-state index in [1.807, 2.05) is 16.8 Å². The van der Waals surface area contributed by atoms with Gasteiger partial charge in [-0.25, -0.2) is 9.97 Å². The number of hydrogen-bond donors (Lipinski definition) is 3. The standard InChI is InChI=1S/C13H19N5O4S/c1-14-12-9-3-4-18(13(9)16-7-15-12)8-5-10(11(19)6-8)17-23(20,21)22-2/h3-4,7-8,10-11,17,19H,5-6H2,1-2H3,(H,14,15,16)/t8-,10+,11+/m1/s1. The lowest BCUT2D eigenvalue weighted by atomic mass is 10.2. The molecule has 0 aromatic carbocycles. The summed E-state index contributed by atoms with van der Waals surface area (Å²) in [6.45, 7) is 0. The van der Waals surface area contributed by atoms with Crippen molar-refractivity contribution in [1.29, 1.82) is 0 Å². The maximum absolute atomic E-state index is 11.5. The second-order valence-corrected chi connectivity index (χ2v) is 6.95. The van der Waals surface area contributed by atoms with Crippen LogP contribution in [0.15, 0.2) is 18.6 Å². The fraction of sp³-hybridized carbons (Fsp3) is 0.538. The van der Waals surface area contributed by atoms with E-state index < -0.39 is 22.4 Å². The van der Waals surface area contributed by atoms with Gasteiger partial charge in [0.2, 0.25) is 0 Å². The van der Waals surface area contributed by atoms with E-state index in [4.69, 9.17) is 0 Å². The van der Waals surface area contributed by atoms with Crippen LogP contribution in [0.25, 0.3) is 11.0 Å². The van der Waals surface area contributed by atoms with Crippen LogP contribution < -0.4 is 10.0 Å². The van der Waals surface area contributed by atoms with E-state index in [1.54, 1.807) is 7.05 Å². The van der Waals surface area contributed by atoms with E-state index in [0.29, 0.717) is 12.8 Å². The molecule has 1 aliphatic carbocycles. The molecule has 2 aromatic rings. The fourth-order valence-corrected chi connectivity index (χ4v) is 3.76. The predicted octanol–water partition coefficient (Wildman–Crippen LogP) is 0.0182. The van der Waals surface area contributed by atoms with Gasteiger partial charge in [0.05, 0.1) is 24.6 Å². The van der Waals surface area contributed by atoms with Gasteiger partial charge in [0.1, 0.15) is 17.8 Å². The molecule has 2 aromatic heterocycles. The van der Waals surface area contributed by atoms with Crippen molar-refractivity contribution in [3.8, 4) is 0 Å². The van der Waals surface area contributed by atoms with Crippen molar-refractivity contribution in [2.24, 2.45) is 0 Å². The van der Waals surface area contributed by atoms with Crippen LogP contribution >= 0.6 is 0 Å². The van der Waals surface area contributed by atoms with Crippen LogP contribution in [0.1, 0.15) is 18.9 Å².